The minimum atomic E-state index is -0.587. The fourth-order valence-corrected chi connectivity index (χ4v) is 1.20. The maximum absolute atomic E-state index is 10.5. The van der Waals surface area contributed by atoms with E-state index in [0.29, 0.717) is 6.61 Å². The molecule has 0 aromatic carbocycles. The van der Waals surface area contributed by atoms with Crippen molar-refractivity contribution in [3.63, 3.8) is 0 Å². The van der Waals surface area contributed by atoms with Crippen LogP contribution in [0, 0.1) is 0 Å². The Morgan fingerprint density at radius 3 is 2.47 bits per heavy atom. The fraction of sp³-hybridized carbons (Fsp3) is 0.750. The zero-order chi connectivity index (χ0) is 11.9. The van der Waals surface area contributed by atoms with Crippen molar-refractivity contribution < 1.29 is 14.6 Å². The maximum atomic E-state index is 10.5. The number of carbonyl (C=O) groups excluding carboxylic acids is 1. The van der Waals surface area contributed by atoms with Crippen LogP contribution < -0.4 is 0 Å². The molecule has 0 saturated heterocycles. The molecule has 0 unspecified atom stereocenters. The first-order chi connectivity index (χ1) is 6.81. The molecule has 0 aromatic rings. The van der Waals surface area contributed by atoms with Crippen molar-refractivity contribution in [1.82, 2.24) is 0 Å². The van der Waals surface area contributed by atoms with Crippen LogP contribution >= 0.6 is 0 Å². The normalized spacial score (nSPS) is 12.7. The molecule has 88 valence electrons. The van der Waals surface area contributed by atoms with Gasteiger partial charge < -0.3 is 9.84 Å². The molecule has 0 aliphatic carbocycles. The Bertz CT molecular complexity index is 224. The van der Waals surface area contributed by atoms with E-state index >= 15 is 0 Å². The van der Waals surface area contributed by atoms with Gasteiger partial charge in [0.1, 0.15) is 6.61 Å². The zero-order valence-corrected chi connectivity index (χ0v) is 10.2. The molecule has 1 N–H and O–H groups in total. The molecule has 0 spiro atoms. The van der Waals surface area contributed by atoms with Gasteiger partial charge in [-0.05, 0) is 46.1 Å². The first kappa shape index (κ1) is 14.2. The molecule has 0 heterocycles. The van der Waals surface area contributed by atoms with Gasteiger partial charge in [0.05, 0.1) is 5.60 Å². The van der Waals surface area contributed by atoms with Gasteiger partial charge in [-0.1, -0.05) is 5.57 Å². The maximum Gasteiger partial charge on any atom is 0.302 e. The summed E-state index contributed by atoms with van der Waals surface area (Å²) in [5.41, 5.74) is 0.608. The van der Waals surface area contributed by atoms with Gasteiger partial charge in [0.15, 0.2) is 0 Å². The molecule has 0 rings (SSSR count). The highest BCUT2D eigenvalue weighted by Gasteiger charge is 2.10. The van der Waals surface area contributed by atoms with E-state index < -0.39 is 5.60 Å². The summed E-state index contributed by atoms with van der Waals surface area (Å²) in [5.74, 6) is -0.254. The van der Waals surface area contributed by atoms with E-state index in [4.69, 9.17) is 4.74 Å². The van der Waals surface area contributed by atoms with Crippen LogP contribution in [0.3, 0.4) is 0 Å². The third-order valence-electron chi connectivity index (χ3n) is 2.08. The number of ether oxygens (including phenoxy) is 1. The molecule has 3 heteroatoms. The minimum Gasteiger partial charge on any atom is -0.462 e. The second kappa shape index (κ2) is 6.62. The molecule has 0 saturated carbocycles. The van der Waals surface area contributed by atoms with Crippen molar-refractivity contribution in [3.8, 4) is 0 Å². The Hall–Kier alpha value is -0.830. The first-order valence-corrected chi connectivity index (χ1v) is 5.32. The molecule has 0 aliphatic heterocycles. The highest BCUT2D eigenvalue weighted by molar-refractivity contribution is 5.66. The molecule has 0 atom stereocenters. The molecule has 0 amide bonds. The van der Waals surface area contributed by atoms with Gasteiger partial charge in [0, 0.05) is 6.92 Å². The van der Waals surface area contributed by atoms with Gasteiger partial charge in [0.25, 0.3) is 0 Å². The number of hydrogen-bond acceptors (Lipinski definition) is 3. The van der Waals surface area contributed by atoms with Gasteiger partial charge in [0.2, 0.25) is 0 Å². The van der Waals surface area contributed by atoms with Crippen LogP contribution in [0.4, 0.5) is 0 Å². The van der Waals surface area contributed by atoms with E-state index in [9.17, 15) is 9.90 Å². The minimum absolute atomic E-state index is 0.254. The summed E-state index contributed by atoms with van der Waals surface area (Å²) in [4.78, 5) is 10.5. The summed E-state index contributed by atoms with van der Waals surface area (Å²) >= 11 is 0. The van der Waals surface area contributed by atoms with Crippen molar-refractivity contribution >= 4 is 5.97 Å². The molecule has 3 nitrogen and oxygen atoms in total. The Morgan fingerprint density at radius 2 is 2.00 bits per heavy atom. The van der Waals surface area contributed by atoms with Crippen molar-refractivity contribution in [2.24, 2.45) is 0 Å². The van der Waals surface area contributed by atoms with Gasteiger partial charge in [-0.25, -0.2) is 0 Å². The Balaban J connectivity index is 3.64. The van der Waals surface area contributed by atoms with Gasteiger partial charge >= 0.3 is 5.97 Å². The van der Waals surface area contributed by atoms with E-state index in [2.05, 4.69) is 0 Å². The molecule has 15 heavy (non-hydrogen) atoms. The molecule has 0 aromatic heterocycles. The predicted octanol–water partition coefficient (Wildman–Crippen LogP) is 2.44. The number of esters is 1. The van der Waals surface area contributed by atoms with Gasteiger partial charge in [-0.3, -0.25) is 4.79 Å². The third-order valence-corrected chi connectivity index (χ3v) is 2.08. The lowest BCUT2D eigenvalue weighted by molar-refractivity contribution is -0.139. The van der Waals surface area contributed by atoms with Crippen molar-refractivity contribution in [1.29, 1.82) is 0 Å². The monoisotopic (exact) mass is 214 g/mol. The number of allylic oxidation sites excluding steroid dienone is 1. The van der Waals surface area contributed by atoms with Crippen LogP contribution in [0.25, 0.3) is 0 Å². The summed E-state index contributed by atoms with van der Waals surface area (Å²) in [5, 5.41) is 9.49. The molecular weight excluding hydrogens is 192 g/mol. The van der Waals surface area contributed by atoms with Gasteiger partial charge in [-0.15, -0.1) is 0 Å². The Kier molecular flexibility index (Phi) is 6.25. The quantitative estimate of drug-likeness (QED) is 0.545. The molecule has 0 aliphatic rings. The number of aliphatic hydroxyl groups is 1. The summed E-state index contributed by atoms with van der Waals surface area (Å²) < 4.78 is 4.80. The Labute approximate surface area is 92.1 Å². The smallest absolute Gasteiger partial charge is 0.302 e. The van der Waals surface area contributed by atoms with E-state index in [0.717, 1.165) is 19.3 Å². The number of carbonyl (C=O) groups is 1. The Morgan fingerprint density at radius 1 is 1.40 bits per heavy atom. The van der Waals surface area contributed by atoms with Crippen molar-refractivity contribution in [2.75, 3.05) is 6.61 Å². The average molecular weight is 214 g/mol. The first-order valence-electron chi connectivity index (χ1n) is 5.32. The topological polar surface area (TPSA) is 46.5 Å². The fourth-order valence-electron chi connectivity index (χ4n) is 1.20. The second-order valence-corrected chi connectivity index (χ2v) is 4.52. The summed E-state index contributed by atoms with van der Waals surface area (Å²) in [6, 6.07) is 0. The van der Waals surface area contributed by atoms with Crippen molar-refractivity contribution in [3.05, 3.63) is 11.6 Å². The van der Waals surface area contributed by atoms with Crippen LogP contribution in [0.5, 0.6) is 0 Å². The zero-order valence-electron chi connectivity index (χ0n) is 10.2. The van der Waals surface area contributed by atoms with Crippen LogP contribution in [0.2, 0.25) is 0 Å². The highest BCUT2D eigenvalue weighted by atomic mass is 16.5. The SMILES string of the molecule is CC(=O)OC/C=C(\C)CCCC(C)(C)O. The van der Waals surface area contributed by atoms with Crippen molar-refractivity contribution in [2.45, 2.75) is 52.6 Å². The van der Waals surface area contributed by atoms with Crippen LogP contribution in [-0.2, 0) is 9.53 Å². The lowest BCUT2D eigenvalue weighted by atomic mass is 9.99. The van der Waals surface area contributed by atoms with E-state index in [-0.39, 0.29) is 5.97 Å². The summed E-state index contributed by atoms with van der Waals surface area (Å²) in [6.45, 7) is 7.38. The molecule has 0 bridgehead atoms. The average Bonchev–Trinajstić information content (AvgIpc) is 2.00. The lowest BCUT2D eigenvalue weighted by Crippen LogP contribution is -2.17. The second-order valence-electron chi connectivity index (χ2n) is 4.52. The highest BCUT2D eigenvalue weighted by Crippen LogP contribution is 2.15. The summed E-state index contributed by atoms with van der Waals surface area (Å²) in [6.07, 6.45) is 4.58. The summed E-state index contributed by atoms with van der Waals surface area (Å²) in [7, 11) is 0. The van der Waals surface area contributed by atoms with Crippen LogP contribution in [-0.4, -0.2) is 23.3 Å². The molecule has 0 fully saturated rings. The van der Waals surface area contributed by atoms with Gasteiger partial charge in [-0.2, -0.15) is 0 Å². The molecule has 0 radical (unpaired) electrons. The largest absolute Gasteiger partial charge is 0.462 e. The third kappa shape index (κ3) is 11.1. The van der Waals surface area contributed by atoms with E-state index in [1.807, 2.05) is 26.8 Å². The standard InChI is InChI=1S/C12H22O3/c1-10(7-9-15-11(2)13)6-5-8-12(3,4)14/h7,14H,5-6,8-9H2,1-4H3/b10-7+. The number of hydrogen-bond donors (Lipinski definition) is 1. The predicted molar refractivity (Wildman–Crippen MR) is 60.5 cm³/mol. The van der Waals surface area contributed by atoms with Crippen LogP contribution in [0.1, 0.15) is 47.0 Å². The number of rotatable bonds is 6. The van der Waals surface area contributed by atoms with E-state index in [1.54, 1.807) is 0 Å². The molecular formula is C12H22O3. The van der Waals surface area contributed by atoms with E-state index in [1.165, 1.54) is 12.5 Å². The lowest BCUT2D eigenvalue weighted by Gasteiger charge is -2.16. The van der Waals surface area contributed by atoms with Crippen LogP contribution in [0.15, 0.2) is 11.6 Å².